The van der Waals surface area contributed by atoms with Crippen molar-refractivity contribution in [3.05, 3.63) is 23.8 Å². The molecule has 7 nitrogen and oxygen atoms in total. The highest BCUT2D eigenvalue weighted by Crippen LogP contribution is 2.34. The minimum Gasteiger partial charge on any atom is -0.486 e. The van der Waals surface area contributed by atoms with Crippen LogP contribution < -0.4 is 25.8 Å². The summed E-state index contributed by atoms with van der Waals surface area (Å²) in [4.78, 5) is 22.9. The molecule has 26 heavy (non-hydrogen) atoms. The average molecular weight is 363 g/mol. The molecule has 0 fully saturated rings. The van der Waals surface area contributed by atoms with Gasteiger partial charge in [-0.05, 0) is 36.5 Å². The molecule has 1 aliphatic rings. The molecule has 0 saturated heterocycles. The maximum Gasteiger partial charge on any atom is 0.312 e. The van der Waals surface area contributed by atoms with Gasteiger partial charge < -0.3 is 25.8 Å². The maximum atomic E-state index is 12.3. The highest BCUT2D eigenvalue weighted by atomic mass is 16.6. The van der Waals surface area contributed by atoms with Gasteiger partial charge in [-0.1, -0.05) is 26.3 Å². The summed E-state index contributed by atoms with van der Waals surface area (Å²) >= 11 is 0. The molecule has 1 aromatic rings. The van der Waals surface area contributed by atoms with Crippen molar-refractivity contribution in [1.82, 2.24) is 10.6 Å². The summed E-state index contributed by atoms with van der Waals surface area (Å²) in [5, 5.41) is 5.67. The first-order chi connectivity index (χ1) is 12.5. The van der Waals surface area contributed by atoms with Crippen molar-refractivity contribution in [2.24, 2.45) is 11.7 Å². The lowest BCUT2D eigenvalue weighted by molar-refractivity contribution is -0.122. The second-order valence-electron chi connectivity index (χ2n) is 6.79. The van der Waals surface area contributed by atoms with E-state index >= 15 is 0 Å². The van der Waals surface area contributed by atoms with Gasteiger partial charge in [0.2, 0.25) is 5.91 Å². The number of urea groups is 1. The van der Waals surface area contributed by atoms with Crippen LogP contribution in [-0.4, -0.2) is 31.7 Å². The van der Waals surface area contributed by atoms with Crippen molar-refractivity contribution >= 4 is 11.9 Å². The van der Waals surface area contributed by atoms with Gasteiger partial charge in [0.15, 0.2) is 11.5 Å². The van der Waals surface area contributed by atoms with E-state index in [-0.39, 0.29) is 17.9 Å². The Balaban J connectivity index is 1.84. The van der Waals surface area contributed by atoms with Crippen molar-refractivity contribution < 1.29 is 19.1 Å². The fourth-order valence-electron chi connectivity index (χ4n) is 2.93. The average Bonchev–Trinajstić information content (AvgIpc) is 2.61. The second kappa shape index (κ2) is 9.89. The number of carbonyl (C=O) groups excluding carboxylic acids is 2. The van der Waals surface area contributed by atoms with Crippen molar-refractivity contribution in [1.29, 1.82) is 0 Å². The summed E-state index contributed by atoms with van der Waals surface area (Å²) in [5.41, 5.74) is 6.02. The quantitative estimate of drug-likeness (QED) is 0.587. The van der Waals surface area contributed by atoms with Crippen molar-refractivity contribution in [3.63, 3.8) is 0 Å². The van der Waals surface area contributed by atoms with E-state index in [4.69, 9.17) is 15.2 Å². The number of fused-ring (bicyclic) bond motifs is 1. The number of amides is 3. The summed E-state index contributed by atoms with van der Waals surface area (Å²) < 4.78 is 11.2. The number of primary amides is 1. The molecule has 0 radical (unpaired) electrons. The van der Waals surface area contributed by atoms with Crippen LogP contribution in [0.1, 0.15) is 51.1 Å². The van der Waals surface area contributed by atoms with Crippen molar-refractivity contribution in [2.45, 2.75) is 45.6 Å². The molecule has 7 heteroatoms. The van der Waals surface area contributed by atoms with E-state index in [0.717, 1.165) is 36.3 Å². The van der Waals surface area contributed by atoms with E-state index in [1.165, 1.54) is 0 Å². The standard InChI is InChI=1S/C19H29N3O4/c1-13(2)18(14-7-8-15-16(12-14)26-11-10-25-15)22-17(23)6-4-3-5-9-21-19(20)24/h7-8,12-13,18H,3-6,9-11H2,1-2H3,(H,22,23)(H3,20,21,24)/t18-/m1/s1. The summed E-state index contributed by atoms with van der Waals surface area (Å²) in [6, 6.07) is 5.25. The van der Waals surface area contributed by atoms with Crippen LogP contribution in [0, 0.1) is 5.92 Å². The first-order valence-electron chi connectivity index (χ1n) is 9.19. The van der Waals surface area contributed by atoms with Gasteiger partial charge in [-0.25, -0.2) is 4.79 Å². The molecule has 0 spiro atoms. The van der Waals surface area contributed by atoms with Crippen LogP contribution in [0.15, 0.2) is 18.2 Å². The number of hydrogen-bond donors (Lipinski definition) is 3. The summed E-state index contributed by atoms with van der Waals surface area (Å²) in [5.74, 6) is 1.76. The molecule has 3 amide bonds. The van der Waals surface area contributed by atoms with Crippen LogP contribution in [0.25, 0.3) is 0 Å². The number of rotatable bonds is 9. The molecule has 0 aliphatic carbocycles. The van der Waals surface area contributed by atoms with Gasteiger partial charge in [-0.3, -0.25) is 4.79 Å². The molecule has 144 valence electrons. The Hall–Kier alpha value is -2.44. The predicted octanol–water partition coefficient (Wildman–Crippen LogP) is 2.50. The number of hydrogen-bond acceptors (Lipinski definition) is 4. The van der Waals surface area contributed by atoms with E-state index in [1.54, 1.807) is 0 Å². The molecule has 0 saturated carbocycles. The number of carbonyl (C=O) groups is 2. The Morgan fingerprint density at radius 3 is 2.54 bits per heavy atom. The Kier molecular flexibility index (Phi) is 7.56. The molecule has 1 aliphatic heterocycles. The van der Waals surface area contributed by atoms with Crippen molar-refractivity contribution in [3.8, 4) is 11.5 Å². The molecule has 0 aromatic heterocycles. The van der Waals surface area contributed by atoms with Gasteiger partial charge in [0.1, 0.15) is 13.2 Å². The van der Waals surface area contributed by atoms with Crippen LogP contribution in [0.2, 0.25) is 0 Å². The molecule has 1 aromatic carbocycles. The minimum atomic E-state index is -0.512. The third kappa shape index (κ3) is 6.13. The third-order valence-electron chi connectivity index (χ3n) is 4.29. The lowest BCUT2D eigenvalue weighted by Crippen LogP contribution is -2.32. The monoisotopic (exact) mass is 363 g/mol. The van der Waals surface area contributed by atoms with Gasteiger partial charge >= 0.3 is 6.03 Å². The second-order valence-corrected chi connectivity index (χ2v) is 6.79. The highest BCUT2D eigenvalue weighted by Gasteiger charge is 2.21. The molecule has 0 unspecified atom stereocenters. The van der Waals surface area contributed by atoms with Crippen LogP contribution in [0.3, 0.4) is 0 Å². The maximum absolute atomic E-state index is 12.3. The summed E-state index contributed by atoms with van der Waals surface area (Å²) in [7, 11) is 0. The van der Waals surface area contributed by atoms with Gasteiger partial charge in [0.05, 0.1) is 6.04 Å². The van der Waals surface area contributed by atoms with Gasteiger partial charge in [0.25, 0.3) is 0 Å². The van der Waals surface area contributed by atoms with E-state index in [1.807, 2.05) is 18.2 Å². The largest absolute Gasteiger partial charge is 0.486 e. The zero-order valence-corrected chi connectivity index (χ0v) is 15.5. The number of benzene rings is 1. The molecular formula is C19H29N3O4. The van der Waals surface area contributed by atoms with Crippen LogP contribution in [-0.2, 0) is 4.79 Å². The minimum absolute atomic E-state index is 0.0291. The zero-order chi connectivity index (χ0) is 18.9. The van der Waals surface area contributed by atoms with Crippen LogP contribution in [0.4, 0.5) is 4.79 Å². The highest BCUT2D eigenvalue weighted by molar-refractivity contribution is 5.76. The smallest absolute Gasteiger partial charge is 0.312 e. The normalized spacial score (nSPS) is 14.0. The fourth-order valence-corrected chi connectivity index (χ4v) is 2.93. The van der Waals surface area contributed by atoms with Gasteiger partial charge in [-0.2, -0.15) is 0 Å². The number of unbranched alkanes of at least 4 members (excludes halogenated alkanes) is 2. The SMILES string of the molecule is CC(C)[C@@H](NC(=O)CCCCCNC(N)=O)c1ccc2c(c1)OCCO2. The van der Waals surface area contributed by atoms with E-state index in [2.05, 4.69) is 24.5 Å². The summed E-state index contributed by atoms with van der Waals surface area (Å²) in [6.45, 7) is 5.81. The molecular weight excluding hydrogens is 334 g/mol. The number of ether oxygens (including phenoxy) is 2. The molecule has 4 N–H and O–H groups in total. The Morgan fingerprint density at radius 2 is 1.85 bits per heavy atom. The Bertz CT molecular complexity index is 619. The predicted molar refractivity (Wildman–Crippen MR) is 99.2 cm³/mol. The van der Waals surface area contributed by atoms with Crippen LogP contribution >= 0.6 is 0 Å². The first kappa shape index (κ1) is 19.9. The molecule has 0 bridgehead atoms. The lowest BCUT2D eigenvalue weighted by Gasteiger charge is -2.25. The summed E-state index contributed by atoms with van der Waals surface area (Å²) in [6.07, 6.45) is 2.92. The van der Waals surface area contributed by atoms with Gasteiger partial charge in [0, 0.05) is 13.0 Å². The zero-order valence-electron chi connectivity index (χ0n) is 15.5. The number of nitrogens with two attached hydrogens (primary N) is 1. The third-order valence-corrected chi connectivity index (χ3v) is 4.29. The molecule has 1 atom stereocenters. The van der Waals surface area contributed by atoms with Crippen LogP contribution in [0.5, 0.6) is 11.5 Å². The van der Waals surface area contributed by atoms with E-state index in [9.17, 15) is 9.59 Å². The van der Waals surface area contributed by atoms with E-state index in [0.29, 0.717) is 26.2 Å². The number of nitrogens with one attached hydrogen (secondary N) is 2. The Morgan fingerprint density at radius 1 is 1.12 bits per heavy atom. The Labute approximate surface area is 154 Å². The first-order valence-corrected chi connectivity index (χ1v) is 9.19. The topological polar surface area (TPSA) is 103 Å². The van der Waals surface area contributed by atoms with Crippen molar-refractivity contribution in [2.75, 3.05) is 19.8 Å². The molecule has 2 rings (SSSR count). The van der Waals surface area contributed by atoms with E-state index < -0.39 is 6.03 Å². The fraction of sp³-hybridized carbons (Fsp3) is 0.579. The molecule has 1 heterocycles. The van der Waals surface area contributed by atoms with Gasteiger partial charge in [-0.15, -0.1) is 0 Å². The lowest BCUT2D eigenvalue weighted by atomic mass is 9.95.